The van der Waals surface area contributed by atoms with Crippen LogP contribution in [0.25, 0.3) is 6.08 Å². The molecule has 3 N–H and O–H groups in total. The molecule has 35 heavy (non-hydrogen) atoms. The highest BCUT2D eigenvalue weighted by atomic mass is 35.5. The number of likely N-dealkylation sites (N-methyl/N-ethyl adjacent to an activating group) is 1. The van der Waals surface area contributed by atoms with Crippen LogP contribution < -0.4 is 15.5 Å². The van der Waals surface area contributed by atoms with Crippen LogP contribution in [0.4, 0.5) is 4.79 Å². The summed E-state index contributed by atoms with van der Waals surface area (Å²) in [5.41, 5.74) is 3.84. The van der Waals surface area contributed by atoms with Gasteiger partial charge in [0.25, 0.3) is 5.91 Å². The number of allylic oxidation sites excluding steroid dienone is 1. The standard InChI is InChI=1S/C24H25ClN6O4/c1-30-21-20(22(33)28-24(30)34)31(14-18(32)15-35-19-11-9-17(25)10-12-19)23(27-21)29-26-13-5-8-16-6-3-2-4-7-16/h2-13,18,20-21,32H,14-15H2,1H3,(H,27,29)(H,28,33,34)/b8-5-,26-13-. The van der Waals surface area contributed by atoms with Crippen molar-refractivity contribution in [3.8, 4) is 5.75 Å². The number of imide groups is 1. The molecule has 2 aliphatic heterocycles. The molecular formula is C24H25ClN6O4. The number of rotatable bonds is 8. The SMILES string of the molecule is CN1C(=O)NC(=O)C2C1N=C(N/N=C\C=C/c1ccccc1)N2CC(O)COc1ccc(Cl)cc1. The van der Waals surface area contributed by atoms with E-state index in [2.05, 4.69) is 20.8 Å². The van der Waals surface area contributed by atoms with Crippen LogP contribution in [0.5, 0.6) is 5.75 Å². The van der Waals surface area contributed by atoms with E-state index in [0.717, 1.165) is 5.56 Å². The molecule has 1 saturated heterocycles. The highest BCUT2D eigenvalue weighted by Crippen LogP contribution is 2.24. The van der Waals surface area contributed by atoms with Gasteiger partial charge in [0.2, 0.25) is 5.96 Å². The van der Waals surface area contributed by atoms with Gasteiger partial charge in [-0.25, -0.2) is 15.2 Å². The minimum Gasteiger partial charge on any atom is -0.491 e. The number of benzene rings is 2. The number of carbonyl (C=O) groups excluding carboxylic acids is 2. The lowest BCUT2D eigenvalue weighted by atomic mass is 10.1. The number of amides is 3. The Labute approximate surface area is 207 Å². The highest BCUT2D eigenvalue weighted by molar-refractivity contribution is 6.30. The molecule has 0 bridgehead atoms. The number of aliphatic imine (C=N–C) groups is 1. The normalized spacial score (nSPS) is 20.7. The number of hydrogen-bond donors (Lipinski definition) is 3. The Morgan fingerprint density at radius 2 is 1.97 bits per heavy atom. The summed E-state index contributed by atoms with van der Waals surface area (Å²) >= 11 is 5.88. The van der Waals surface area contributed by atoms with Crippen molar-refractivity contribution >= 4 is 41.8 Å². The van der Waals surface area contributed by atoms with Crippen LogP contribution in [0.2, 0.25) is 5.02 Å². The van der Waals surface area contributed by atoms with Gasteiger partial charge in [-0.15, -0.1) is 0 Å². The van der Waals surface area contributed by atoms with Gasteiger partial charge < -0.3 is 19.6 Å². The molecule has 2 aromatic rings. The van der Waals surface area contributed by atoms with Crippen molar-refractivity contribution in [1.29, 1.82) is 0 Å². The summed E-state index contributed by atoms with van der Waals surface area (Å²) in [6.07, 6.45) is 3.47. The van der Waals surface area contributed by atoms with E-state index < -0.39 is 30.2 Å². The lowest BCUT2D eigenvalue weighted by Crippen LogP contribution is -2.64. The van der Waals surface area contributed by atoms with Gasteiger partial charge in [0.05, 0.1) is 6.54 Å². The predicted molar refractivity (Wildman–Crippen MR) is 133 cm³/mol. The number of hydrazone groups is 1. The van der Waals surface area contributed by atoms with Crippen LogP contribution in [0.15, 0.2) is 70.8 Å². The third kappa shape index (κ3) is 5.97. The molecule has 3 atom stereocenters. The molecule has 0 spiro atoms. The minimum absolute atomic E-state index is 0.0193. The fourth-order valence-electron chi connectivity index (χ4n) is 3.68. The van der Waals surface area contributed by atoms with Crippen LogP contribution in [0, 0.1) is 0 Å². The van der Waals surface area contributed by atoms with E-state index >= 15 is 0 Å². The molecule has 3 unspecified atom stereocenters. The lowest BCUT2D eigenvalue weighted by Gasteiger charge is -2.36. The van der Waals surface area contributed by atoms with E-state index in [1.54, 1.807) is 48.5 Å². The maximum atomic E-state index is 12.6. The second-order valence-electron chi connectivity index (χ2n) is 7.95. The van der Waals surface area contributed by atoms with E-state index in [9.17, 15) is 14.7 Å². The Morgan fingerprint density at radius 1 is 1.23 bits per heavy atom. The van der Waals surface area contributed by atoms with Crippen molar-refractivity contribution in [3.05, 3.63) is 71.3 Å². The van der Waals surface area contributed by atoms with Crippen molar-refractivity contribution in [2.45, 2.75) is 18.3 Å². The lowest BCUT2D eigenvalue weighted by molar-refractivity contribution is -0.127. The molecule has 2 aliphatic rings. The number of nitrogens with zero attached hydrogens (tertiary/aromatic N) is 4. The molecular weight excluding hydrogens is 472 g/mol. The smallest absolute Gasteiger partial charge is 0.325 e. The first-order valence-corrected chi connectivity index (χ1v) is 11.3. The number of hydrogen-bond acceptors (Lipinski definition) is 8. The van der Waals surface area contributed by atoms with Gasteiger partial charge in [-0.1, -0.05) is 48.0 Å². The molecule has 11 heteroatoms. The van der Waals surface area contributed by atoms with Crippen LogP contribution in [0.1, 0.15) is 5.56 Å². The van der Waals surface area contributed by atoms with E-state index in [0.29, 0.717) is 10.8 Å². The van der Waals surface area contributed by atoms with Crippen LogP contribution in [-0.4, -0.2) is 77.5 Å². The largest absolute Gasteiger partial charge is 0.491 e. The van der Waals surface area contributed by atoms with E-state index in [1.807, 2.05) is 36.4 Å². The van der Waals surface area contributed by atoms with Gasteiger partial charge >= 0.3 is 6.03 Å². The summed E-state index contributed by atoms with van der Waals surface area (Å²) in [4.78, 5) is 32.1. The van der Waals surface area contributed by atoms with Gasteiger partial charge in [-0.2, -0.15) is 5.10 Å². The number of ether oxygens (including phenoxy) is 1. The molecule has 182 valence electrons. The number of guanidine groups is 1. The fourth-order valence-corrected chi connectivity index (χ4v) is 3.80. The third-order valence-electron chi connectivity index (χ3n) is 5.44. The van der Waals surface area contributed by atoms with Crippen molar-refractivity contribution in [2.75, 3.05) is 20.2 Å². The summed E-state index contributed by atoms with van der Waals surface area (Å²) in [6.45, 7) is -0.00627. The highest BCUT2D eigenvalue weighted by Gasteiger charge is 2.49. The number of aliphatic hydroxyl groups is 1. The zero-order valence-corrected chi connectivity index (χ0v) is 19.7. The second-order valence-corrected chi connectivity index (χ2v) is 8.38. The van der Waals surface area contributed by atoms with Crippen molar-refractivity contribution in [2.24, 2.45) is 10.1 Å². The zero-order chi connectivity index (χ0) is 24.8. The molecule has 3 amide bonds. The van der Waals surface area contributed by atoms with E-state index in [1.165, 1.54) is 4.90 Å². The van der Waals surface area contributed by atoms with Crippen LogP contribution in [-0.2, 0) is 4.79 Å². The van der Waals surface area contributed by atoms with E-state index in [-0.39, 0.29) is 19.1 Å². The molecule has 2 heterocycles. The molecule has 0 saturated carbocycles. The molecule has 10 nitrogen and oxygen atoms in total. The quantitative estimate of drug-likeness (QED) is 0.379. The zero-order valence-electron chi connectivity index (χ0n) is 18.9. The van der Waals surface area contributed by atoms with Crippen LogP contribution >= 0.6 is 11.6 Å². The molecule has 0 radical (unpaired) electrons. The number of carbonyl (C=O) groups is 2. The fraction of sp³-hybridized carbons (Fsp3) is 0.250. The summed E-state index contributed by atoms with van der Waals surface area (Å²) in [6, 6.07) is 15.1. The minimum atomic E-state index is -0.964. The van der Waals surface area contributed by atoms with Gasteiger partial charge in [-0.05, 0) is 35.9 Å². The summed E-state index contributed by atoms with van der Waals surface area (Å²) in [5, 5.41) is 17.7. The van der Waals surface area contributed by atoms with Gasteiger partial charge in [0.15, 0.2) is 12.2 Å². The average Bonchev–Trinajstić information content (AvgIpc) is 3.21. The topological polar surface area (TPSA) is 119 Å². The number of β-amino-alcohol motifs (C(OH)–C–C–N with tert-alkyl or cyclic N) is 1. The first-order valence-electron chi connectivity index (χ1n) is 10.9. The Balaban J connectivity index is 1.43. The van der Waals surface area contributed by atoms with Gasteiger partial charge in [0, 0.05) is 18.3 Å². The first-order chi connectivity index (χ1) is 16.9. The monoisotopic (exact) mass is 496 g/mol. The predicted octanol–water partition coefficient (Wildman–Crippen LogP) is 1.92. The van der Waals surface area contributed by atoms with Crippen molar-refractivity contribution < 1.29 is 19.4 Å². The molecule has 0 aromatic heterocycles. The van der Waals surface area contributed by atoms with Crippen molar-refractivity contribution in [3.63, 3.8) is 0 Å². The number of aliphatic hydroxyl groups excluding tert-OH is 1. The number of nitrogens with one attached hydrogen (secondary N) is 2. The average molecular weight is 497 g/mol. The second kappa shape index (κ2) is 11.0. The summed E-state index contributed by atoms with van der Waals surface area (Å²) in [5.74, 6) is 0.305. The Morgan fingerprint density at radius 3 is 2.71 bits per heavy atom. The Hall–Kier alpha value is -3.89. The number of urea groups is 1. The number of fused-ring (bicyclic) bond motifs is 1. The maximum absolute atomic E-state index is 12.6. The Bertz CT molecular complexity index is 1140. The molecule has 1 fully saturated rings. The maximum Gasteiger partial charge on any atom is 0.325 e. The van der Waals surface area contributed by atoms with E-state index in [4.69, 9.17) is 16.3 Å². The third-order valence-corrected chi connectivity index (χ3v) is 5.69. The van der Waals surface area contributed by atoms with Gasteiger partial charge in [0.1, 0.15) is 18.5 Å². The number of halogens is 1. The summed E-state index contributed by atoms with van der Waals surface area (Å²) < 4.78 is 5.63. The summed E-state index contributed by atoms with van der Waals surface area (Å²) in [7, 11) is 1.55. The van der Waals surface area contributed by atoms with Crippen molar-refractivity contribution in [1.82, 2.24) is 20.5 Å². The van der Waals surface area contributed by atoms with Gasteiger partial charge in [-0.3, -0.25) is 10.1 Å². The Kier molecular flexibility index (Phi) is 7.64. The molecule has 2 aromatic carbocycles. The first kappa shape index (κ1) is 24.2. The van der Waals surface area contributed by atoms with Crippen LogP contribution in [0.3, 0.4) is 0 Å². The molecule has 4 rings (SSSR count). The molecule has 0 aliphatic carbocycles.